The molecule has 0 amide bonds. The van der Waals surface area contributed by atoms with Crippen LogP contribution in [0.3, 0.4) is 0 Å². The van der Waals surface area contributed by atoms with E-state index in [4.69, 9.17) is 15.9 Å². The number of unbranched alkanes of at least 4 members (excludes halogenated alkanes) is 1. The predicted molar refractivity (Wildman–Crippen MR) is 122 cm³/mol. The minimum absolute atomic E-state index is 0.0309. The fourth-order valence-electron chi connectivity index (χ4n) is 3.09. The Hall–Kier alpha value is -1.98. The first-order valence-electron chi connectivity index (χ1n) is 9.16. The molecule has 1 N–H and O–H groups in total. The van der Waals surface area contributed by atoms with Gasteiger partial charge in [0.25, 0.3) is 10.0 Å². The summed E-state index contributed by atoms with van der Waals surface area (Å²) < 4.78 is 49.9. The monoisotopic (exact) mass is 483 g/mol. The number of hydrogen-bond donors (Lipinski definition) is 1. The summed E-state index contributed by atoms with van der Waals surface area (Å²) in [7, 11) is -4.00. The number of thiophene rings is 1. The summed E-state index contributed by atoms with van der Waals surface area (Å²) in [6, 6.07) is 14.0. The fraction of sp³-hybridized carbons (Fsp3) is 0.211. The minimum atomic E-state index is -4.00. The summed E-state index contributed by atoms with van der Waals surface area (Å²) >= 11 is 6.05. The number of sulfonamides is 1. The van der Waals surface area contributed by atoms with Crippen molar-refractivity contribution in [1.82, 2.24) is 5.48 Å². The number of hydrogen-bond acceptors (Lipinski definition) is 6. The summed E-state index contributed by atoms with van der Waals surface area (Å²) in [4.78, 5) is 0.0309. The second-order valence-corrected chi connectivity index (χ2v) is 10.5. The Morgan fingerprint density at radius 1 is 1.20 bits per heavy atom. The van der Waals surface area contributed by atoms with Gasteiger partial charge >= 0.3 is 11.3 Å². The Kier molecular flexibility index (Phi) is 6.12. The molecular formula is C19H18ClN3O4S3. The lowest BCUT2D eigenvalue weighted by molar-refractivity contribution is 0.305. The maximum atomic E-state index is 13.8. The Bertz CT molecular complexity index is 1260. The highest BCUT2D eigenvalue weighted by Crippen LogP contribution is 2.44. The summed E-state index contributed by atoms with van der Waals surface area (Å²) in [5.41, 5.74) is 2.71. The van der Waals surface area contributed by atoms with E-state index in [1.165, 1.54) is 21.7 Å². The largest absolute Gasteiger partial charge is 0.309 e. The van der Waals surface area contributed by atoms with E-state index in [1.54, 1.807) is 18.2 Å². The number of anilines is 1. The van der Waals surface area contributed by atoms with Crippen LogP contribution in [-0.4, -0.2) is 25.0 Å². The molecule has 158 valence electrons. The maximum Gasteiger partial charge on any atom is 0.309 e. The second-order valence-electron chi connectivity index (χ2n) is 6.49. The van der Waals surface area contributed by atoms with Crippen molar-refractivity contribution in [3.8, 4) is 0 Å². The molecule has 3 aromatic rings. The van der Waals surface area contributed by atoms with Gasteiger partial charge in [-0.2, -0.15) is 4.28 Å². The summed E-state index contributed by atoms with van der Waals surface area (Å²) in [6.07, 6.45) is 1.48. The topological polar surface area (TPSA) is 88.1 Å². The molecule has 7 nitrogen and oxygen atoms in total. The quantitative estimate of drug-likeness (QED) is 0.537. The van der Waals surface area contributed by atoms with E-state index in [2.05, 4.69) is 9.88 Å². The molecule has 0 fully saturated rings. The normalized spacial score (nSPS) is 16.5. The van der Waals surface area contributed by atoms with Crippen molar-refractivity contribution in [2.75, 3.05) is 10.8 Å². The molecule has 1 aromatic heterocycles. The van der Waals surface area contributed by atoms with Crippen LogP contribution in [0, 0.1) is 0 Å². The Morgan fingerprint density at radius 3 is 2.63 bits per heavy atom. The number of amidine groups is 1. The highest BCUT2D eigenvalue weighted by atomic mass is 35.5. The van der Waals surface area contributed by atoms with E-state index in [9.17, 15) is 12.6 Å². The zero-order chi connectivity index (χ0) is 21.3. The van der Waals surface area contributed by atoms with Crippen LogP contribution in [0.4, 0.5) is 5.00 Å². The van der Waals surface area contributed by atoms with Gasteiger partial charge in [-0.3, -0.25) is 4.31 Å². The van der Waals surface area contributed by atoms with E-state index >= 15 is 0 Å². The van der Waals surface area contributed by atoms with Crippen LogP contribution in [0.15, 0.2) is 57.8 Å². The first-order valence-corrected chi connectivity index (χ1v) is 12.8. The lowest BCUT2D eigenvalue weighted by Crippen LogP contribution is -2.33. The zero-order valence-electron chi connectivity index (χ0n) is 15.9. The number of benzene rings is 2. The molecule has 1 aliphatic heterocycles. The number of hydroxylamine groups is 1. The van der Waals surface area contributed by atoms with Gasteiger partial charge in [0.15, 0.2) is 5.84 Å². The molecule has 0 aliphatic carbocycles. The number of nitrogens with zero attached hydrogens (tertiary/aromatic N) is 2. The van der Waals surface area contributed by atoms with Gasteiger partial charge in [0.05, 0.1) is 9.92 Å². The SMILES string of the molecule is CCCCN(c1sc2ccccc2c1Cl)S(=O)(=O)c1ccccc1C1=NS(=O)ON1. The third-order valence-corrected chi connectivity index (χ3v) is 8.76. The first-order chi connectivity index (χ1) is 14.4. The molecule has 0 saturated heterocycles. The molecule has 4 rings (SSSR count). The van der Waals surface area contributed by atoms with Crippen molar-refractivity contribution in [2.24, 2.45) is 4.40 Å². The van der Waals surface area contributed by atoms with Crippen LogP contribution in [0.5, 0.6) is 0 Å². The van der Waals surface area contributed by atoms with Crippen LogP contribution < -0.4 is 9.79 Å². The molecule has 30 heavy (non-hydrogen) atoms. The van der Waals surface area contributed by atoms with Gasteiger partial charge in [-0.1, -0.05) is 55.3 Å². The van der Waals surface area contributed by atoms with Gasteiger partial charge in [-0.05, 0) is 24.6 Å². The van der Waals surface area contributed by atoms with Crippen LogP contribution in [0.25, 0.3) is 10.1 Å². The van der Waals surface area contributed by atoms with Gasteiger partial charge in [0.2, 0.25) is 0 Å². The summed E-state index contributed by atoms with van der Waals surface area (Å²) in [5.74, 6) is 0.102. The highest BCUT2D eigenvalue weighted by molar-refractivity contribution is 7.93. The molecule has 11 heteroatoms. The van der Waals surface area contributed by atoms with E-state index in [0.29, 0.717) is 16.4 Å². The molecule has 1 atom stereocenters. The smallest absolute Gasteiger partial charge is 0.256 e. The van der Waals surface area contributed by atoms with Gasteiger partial charge in [0.1, 0.15) is 5.00 Å². The van der Waals surface area contributed by atoms with Crippen molar-refractivity contribution in [3.63, 3.8) is 0 Å². The van der Waals surface area contributed by atoms with Crippen molar-refractivity contribution in [3.05, 3.63) is 59.1 Å². The Balaban J connectivity index is 1.87. The lowest BCUT2D eigenvalue weighted by Gasteiger charge is -2.24. The molecule has 0 bridgehead atoms. The van der Waals surface area contributed by atoms with E-state index in [-0.39, 0.29) is 22.8 Å². The average molecular weight is 484 g/mol. The predicted octanol–water partition coefficient (Wildman–Crippen LogP) is 4.41. The van der Waals surface area contributed by atoms with E-state index in [1.807, 2.05) is 31.2 Å². The van der Waals surface area contributed by atoms with Gasteiger partial charge < -0.3 is 0 Å². The van der Waals surface area contributed by atoms with Crippen molar-refractivity contribution >= 4 is 65.2 Å². The number of halogens is 1. The van der Waals surface area contributed by atoms with Crippen molar-refractivity contribution in [1.29, 1.82) is 0 Å². The van der Waals surface area contributed by atoms with Crippen LogP contribution >= 0.6 is 22.9 Å². The van der Waals surface area contributed by atoms with Gasteiger partial charge in [-0.15, -0.1) is 15.7 Å². The van der Waals surface area contributed by atoms with Crippen molar-refractivity contribution in [2.45, 2.75) is 24.7 Å². The maximum absolute atomic E-state index is 13.8. The highest BCUT2D eigenvalue weighted by Gasteiger charge is 2.32. The first kappa shape index (κ1) is 21.3. The molecule has 0 spiro atoms. The van der Waals surface area contributed by atoms with E-state index in [0.717, 1.165) is 16.5 Å². The molecule has 2 heterocycles. The van der Waals surface area contributed by atoms with Crippen LogP contribution in [0.2, 0.25) is 5.02 Å². The van der Waals surface area contributed by atoms with Crippen LogP contribution in [-0.2, 0) is 25.6 Å². The Morgan fingerprint density at radius 2 is 1.93 bits per heavy atom. The second kappa shape index (κ2) is 8.64. The van der Waals surface area contributed by atoms with Gasteiger partial charge in [-0.25, -0.2) is 18.1 Å². The fourth-order valence-corrected chi connectivity index (χ4v) is 7.10. The standard InChI is InChI=1S/C19H18ClN3O4S3/c1-2-3-12-23(19-17(20)13-8-4-6-10-15(13)28-19)30(25,26)16-11-7-5-9-14(16)18-21-27-29(24)22-18/h4-11H,2-3,12H2,1H3,(H,21,22). The van der Waals surface area contributed by atoms with E-state index < -0.39 is 21.3 Å². The Labute approximate surface area is 186 Å². The summed E-state index contributed by atoms with van der Waals surface area (Å²) in [5, 5.41) is 1.70. The minimum Gasteiger partial charge on any atom is -0.256 e. The summed E-state index contributed by atoms with van der Waals surface area (Å²) in [6.45, 7) is 2.27. The van der Waals surface area contributed by atoms with Crippen LogP contribution in [0.1, 0.15) is 25.3 Å². The third-order valence-electron chi connectivity index (χ3n) is 4.54. The molecule has 0 radical (unpaired) electrons. The average Bonchev–Trinajstić information content (AvgIpc) is 3.32. The zero-order valence-corrected chi connectivity index (χ0v) is 19.1. The molecule has 1 aliphatic rings. The molecule has 0 saturated carbocycles. The third kappa shape index (κ3) is 3.85. The number of rotatable bonds is 7. The number of nitrogens with one attached hydrogen (secondary N) is 1. The molecule has 2 aromatic carbocycles. The van der Waals surface area contributed by atoms with Gasteiger partial charge in [0, 0.05) is 22.2 Å². The molecular weight excluding hydrogens is 466 g/mol. The molecule has 1 unspecified atom stereocenters. The lowest BCUT2D eigenvalue weighted by atomic mass is 10.2. The van der Waals surface area contributed by atoms with Crippen molar-refractivity contribution < 1.29 is 16.9 Å². The number of fused-ring (bicyclic) bond motifs is 1.